The fourth-order valence-electron chi connectivity index (χ4n) is 2.69. The van der Waals surface area contributed by atoms with Crippen molar-refractivity contribution in [3.8, 4) is 0 Å². The van der Waals surface area contributed by atoms with Crippen LogP contribution in [0.1, 0.15) is 25.0 Å². The number of hydrogen-bond acceptors (Lipinski definition) is 3. The summed E-state index contributed by atoms with van der Waals surface area (Å²) in [6.07, 6.45) is 1.95. The fourth-order valence-corrected chi connectivity index (χ4v) is 4.09. The Morgan fingerprint density at radius 2 is 1.81 bits per heavy atom. The molecule has 0 aliphatic rings. The maximum atomic E-state index is 12.7. The SMILES string of the molecule is CCc1ccc(N(C(C)C(=O)Nc2ccc(Cl)cc2C)S(C)(=O)=O)cc1. The zero-order valence-corrected chi connectivity index (χ0v) is 16.9. The lowest BCUT2D eigenvalue weighted by Crippen LogP contribution is -2.45. The van der Waals surface area contributed by atoms with Crippen molar-refractivity contribution >= 4 is 38.9 Å². The summed E-state index contributed by atoms with van der Waals surface area (Å²) in [7, 11) is -3.64. The number of anilines is 2. The standard InChI is InChI=1S/C19H23ClN2O3S/c1-5-15-6-9-17(10-7-15)22(26(4,24)25)14(3)19(23)21-18-11-8-16(20)12-13(18)2/h6-12,14H,5H2,1-4H3,(H,21,23). The van der Waals surface area contributed by atoms with Gasteiger partial charge in [-0.25, -0.2) is 8.42 Å². The average molecular weight is 395 g/mol. The summed E-state index contributed by atoms with van der Waals surface area (Å²) < 4.78 is 25.8. The summed E-state index contributed by atoms with van der Waals surface area (Å²) in [5.41, 5.74) is 2.95. The fraction of sp³-hybridized carbons (Fsp3) is 0.316. The highest BCUT2D eigenvalue weighted by atomic mass is 35.5. The van der Waals surface area contributed by atoms with Gasteiger partial charge in [-0.1, -0.05) is 30.7 Å². The molecule has 0 bridgehead atoms. The third-order valence-electron chi connectivity index (χ3n) is 4.13. The van der Waals surface area contributed by atoms with Crippen LogP contribution in [0.15, 0.2) is 42.5 Å². The minimum Gasteiger partial charge on any atom is -0.324 e. The molecule has 1 N–H and O–H groups in total. The molecule has 0 aliphatic carbocycles. The molecule has 2 aromatic rings. The Hall–Kier alpha value is -2.05. The topological polar surface area (TPSA) is 66.5 Å². The molecule has 0 spiro atoms. The second kappa shape index (κ2) is 8.10. The van der Waals surface area contributed by atoms with Crippen molar-refractivity contribution in [1.82, 2.24) is 0 Å². The zero-order valence-electron chi connectivity index (χ0n) is 15.3. The van der Waals surface area contributed by atoms with E-state index in [4.69, 9.17) is 11.6 Å². The maximum Gasteiger partial charge on any atom is 0.248 e. The van der Waals surface area contributed by atoms with E-state index in [2.05, 4.69) is 5.32 Å². The predicted molar refractivity (Wildman–Crippen MR) is 107 cm³/mol. The molecule has 0 saturated carbocycles. The molecule has 1 unspecified atom stereocenters. The van der Waals surface area contributed by atoms with Gasteiger partial charge in [0.25, 0.3) is 0 Å². The van der Waals surface area contributed by atoms with Crippen LogP contribution in [-0.4, -0.2) is 26.6 Å². The molecular weight excluding hydrogens is 372 g/mol. The first-order chi connectivity index (χ1) is 12.1. The normalized spacial score (nSPS) is 12.5. The van der Waals surface area contributed by atoms with Gasteiger partial charge in [-0.2, -0.15) is 0 Å². The first kappa shape index (κ1) is 20.3. The van der Waals surface area contributed by atoms with Crippen LogP contribution >= 0.6 is 11.6 Å². The smallest absolute Gasteiger partial charge is 0.248 e. The van der Waals surface area contributed by atoms with Gasteiger partial charge in [-0.05, 0) is 61.7 Å². The van der Waals surface area contributed by atoms with E-state index in [-0.39, 0.29) is 0 Å². The van der Waals surface area contributed by atoms with Crippen LogP contribution in [0.25, 0.3) is 0 Å². The summed E-state index contributed by atoms with van der Waals surface area (Å²) >= 11 is 5.93. The Bertz CT molecular complexity index is 896. The number of rotatable bonds is 6. The third-order valence-corrected chi connectivity index (χ3v) is 5.61. The van der Waals surface area contributed by atoms with E-state index in [1.807, 2.05) is 26.0 Å². The summed E-state index contributed by atoms with van der Waals surface area (Å²) in [6.45, 7) is 5.41. The van der Waals surface area contributed by atoms with Gasteiger partial charge in [0.05, 0.1) is 11.9 Å². The Balaban J connectivity index is 2.30. The zero-order chi connectivity index (χ0) is 19.5. The van der Waals surface area contributed by atoms with Gasteiger partial charge in [-0.15, -0.1) is 0 Å². The van der Waals surface area contributed by atoms with Gasteiger partial charge >= 0.3 is 0 Å². The Morgan fingerprint density at radius 1 is 1.19 bits per heavy atom. The second-order valence-corrected chi connectivity index (χ2v) is 8.50. The van der Waals surface area contributed by atoms with Crippen LogP contribution in [0.5, 0.6) is 0 Å². The number of carbonyl (C=O) groups is 1. The highest BCUT2D eigenvalue weighted by Gasteiger charge is 2.29. The quantitative estimate of drug-likeness (QED) is 0.805. The third kappa shape index (κ3) is 4.77. The lowest BCUT2D eigenvalue weighted by atomic mass is 10.1. The van der Waals surface area contributed by atoms with Crippen molar-refractivity contribution < 1.29 is 13.2 Å². The van der Waals surface area contributed by atoms with Gasteiger partial charge in [0, 0.05) is 10.7 Å². The molecule has 26 heavy (non-hydrogen) atoms. The molecule has 2 rings (SSSR count). The average Bonchev–Trinajstić information content (AvgIpc) is 2.56. The molecule has 0 fully saturated rings. The Kier molecular flexibility index (Phi) is 6.31. The molecule has 1 atom stereocenters. The van der Waals surface area contributed by atoms with Crippen LogP contribution in [0, 0.1) is 6.92 Å². The Morgan fingerprint density at radius 3 is 2.31 bits per heavy atom. The summed E-state index contributed by atoms with van der Waals surface area (Å²) in [5, 5.41) is 3.35. The molecule has 0 radical (unpaired) electrons. The van der Waals surface area contributed by atoms with E-state index < -0.39 is 22.0 Å². The number of nitrogens with zero attached hydrogens (tertiary/aromatic N) is 1. The summed E-state index contributed by atoms with van der Waals surface area (Å²) in [5.74, 6) is -0.416. The number of benzene rings is 2. The van der Waals surface area contributed by atoms with E-state index in [0.29, 0.717) is 16.4 Å². The first-order valence-corrected chi connectivity index (χ1v) is 10.5. The van der Waals surface area contributed by atoms with Crippen LogP contribution in [0.2, 0.25) is 5.02 Å². The number of nitrogens with one attached hydrogen (secondary N) is 1. The highest BCUT2D eigenvalue weighted by molar-refractivity contribution is 7.92. The lowest BCUT2D eigenvalue weighted by Gasteiger charge is -2.28. The van der Waals surface area contributed by atoms with Gasteiger partial charge in [0.1, 0.15) is 6.04 Å². The monoisotopic (exact) mass is 394 g/mol. The number of carbonyl (C=O) groups excluding carboxylic acids is 1. The van der Waals surface area contributed by atoms with Gasteiger partial charge in [-0.3, -0.25) is 9.10 Å². The predicted octanol–water partition coefficient (Wildman–Crippen LogP) is 4.00. The number of amides is 1. The van der Waals surface area contributed by atoms with Gasteiger partial charge in [0.15, 0.2) is 0 Å². The van der Waals surface area contributed by atoms with E-state index in [1.54, 1.807) is 37.3 Å². The molecule has 5 nitrogen and oxygen atoms in total. The Labute approximate surface area is 160 Å². The minimum atomic E-state index is -3.64. The minimum absolute atomic E-state index is 0.416. The van der Waals surface area contributed by atoms with Crippen molar-refractivity contribution in [2.75, 3.05) is 15.9 Å². The molecule has 2 aromatic carbocycles. The molecular formula is C19H23ClN2O3S. The molecule has 0 aromatic heterocycles. The largest absolute Gasteiger partial charge is 0.324 e. The molecule has 0 heterocycles. The van der Waals surface area contributed by atoms with E-state index >= 15 is 0 Å². The summed E-state index contributed by atoms with van der Waals surface area (Å²) in [4.78, 5) is 12.7. The summed E-state index contributed by atoms with van der Waals surface area (Å²) in [6, 6.07) is 11.4. The van der Waals surface area contributed by atoms with E-state index in [1.165, 1.54) is 0 Å². The van der Waals surface area contributed by atoms with E-state index in [0.717, 1.165) is 28.1 Å². The molecule has 0 saturated heterocycles. The van der Waals surface area contributed by atoms with Crippen LogP contribution in [0.3, 0.4) is 0 Å². The molecule has 7 heteroatoms. The van der Waals surface area contributed by atoms with E-state index in [9.17, 15) is 13.2 Å². The number of hydrogen-bond donors (Lipinski definition) is 1. The van der Waals surface area contributed by atoms with Crippen molar-refractivity contribution in [3.63, 3.8) is 0 Å². The van der Waals surface area contributed by atoms with Crippen molar-refractivity contribution in [1.29, 1.82) is 0 Å². The van der Waals surface area contributed by atoms with Crippen LogP contribution in [0.4, 0.5) is 11.4 Å². The van der Waals surface area contributed by atoms with Crippen molar-refractivity contribution in [3.05, 3.63) is 58.6 Å². The number of halogens is 1. The van der Waals surface area contributed by atoms with Crippen molar-refractivity contribution in [2.45, 2.75) is 33.2 Å². The van der Waals surface area contributed by atoms with Gasteiger partial charge < -0.3 is 5.32 Å². The lowest BCUT2D eigenvalue weighted by molar-refractivity contribution is -0.116. The first-order valence-electron chi connectivity index (χ1n) is 8.29. The number of aryl methyl sites for hydroxylation is 2. The molecule has 0 aliphatic heterocycles. The maximum absolute atomic E-state index is 12.7. The second-order valence-electron chi connectivity index (χ2n) is 6.20. The van der Waals surface area contributed by atoms with Crippen LogP contribution in [-0.2, 0) is 21.2 Å². The number of sulfonamides is 1. The van der Waals surface area contributed by atoms with Gasteiger partial charge in [0.2, 0.25) is 15.9 Å². The van der Waals surface area contributed by atoms with Crippen LogP contribution < -0.4 is 9.62 Å². The molecule has 140 valence electrons. The van der Waals surface area contributed by atoms with Crippen molar-refractivity contribution in [2.24, 2.45) is 0 Å². The highest BCUT2D eigenvalue weighted by Crippen LogP contribution is 2.24. The molecule has 1 amide bonds.